The van der Waals surface area contributed by atoms with Gasteiger partial charge >= 0.3 is 6.03 Å². The number of hydrogen-bond donors (Lipinski definition) is 2. The van der Waals surface area contributed by atoms with Crippen LogP contribution >= 0.6 is 0 Å². The minimum Gasteiger partial charge on any atom is -0.371 e. The third kappa shape index (κ3) is 4.03. The van der Waals surface area contributed by atoms with E-state index in [1.54, 1.807) is 0 Å². The molecule has 1 saturated heterocycles. The van der Waals surface area contributed by atoms with Crippen molar-refractivity contribution < 1.29 is 9.53 Å². The van der Waals surface area contributed by atoms with E-state index in [4.69, 9.17) is 4.74 Å². The average Bonchev–Trinajstić information content (AvgIpc) is 3.05. The second kappa shape index (κ2) is 6.88. The zero-order chi connectivity index (χ0) is 17.2. The third-order valence-electron chi connectivity index (χ3n) is 4.88. The molecule has 0 bridgehead atoms. The molecule has 7 heteroatoms. The monoisotopic (exact) mass is 323 g/mol. The van der Waals surface area contributed by atoms with Crippen LogP contribution in [0.2, 0.25) is 0 Å². The van der Waals surface area contributed by atoms with Gasteiger partial charge in [-0.05, 0) is 41.3 Å². The number of nitrogens with zero attached hydrogens (tertiary/aromatic N) is 3. The fourth-order valence-corrected chi connectivity index (χ4v) is 2.51. The molecule has 7 nitrogen and oxygen atoms in total. The van der Waals surface area contributed by atoms with Gasteiger partial charge in [0.2, 0.25) is 0 Å². The molecule has 0 saturated carbocycles. The molecule has 2 amide bonds. The molecule has 1 aliphatic rings. The van der Waals surface area contributed by atoms with Gasteiger partial charge in [0.25, 0.3) is 0 Å². The summed E-state index contributed by atoms with van der Waals surface area (Å²) in [5.41, 5.74) is 2.02. The van der Waals surface area contributed by atoms with Gasteiger partial charge in [0.05, 0.1) is 12.2 Å². The van der Waals surface area contributed by atoms with E-state index in [1.807, 2.05) is 38.9 Å². The number of carbonyl (C=O) groups is 1. The second-order valence-corrected chi connectivity index (χ2v) is 7.03. The van der Waals surface area contributed by atoms with E-state index in [0.717, 1.165) is 17.7 Å². The average molecular weight is 323 g/mol. The number of aryl methyl sites for hydroxylation is 1. The Kier molecular flexibility index (Phi) is 5.31. The predicted molar refractivity (Wildman–Crippen MR) is 89.3 cm³/mol. The first kappa shape index (κ1) is 17.7. The molecular weight excluding hydrogens is 294 g/mol. The predicted octanol–water partition coefficient (Wildman–Crippen LogP) is 1.20. The molecule has 0 spiro atoms. The Hall–Kier alpha value is -1.60. The van der Waals surface area contributed by atoms with Gasteiger partial charge in [0.15, 0.2) is 0 Å². The number of aromatic nitrogens is 2. The van der Waals surface area contributed by atoms with Crippen molar-refractivity contribution in [3.8, 4) is 0 Å². The highest BCUT2D eigenvalue weighted by Crippen LogP contribution is 2.30. The quantitative estimate of drug-likeness (QED) is 0.854. The fourth-order valence-electron chi connectivity index (χ4n) is 2.51. The number of likely N-dealkylation sites (N-methyl/N-ethyl adjacent to an activating group) is 1. The zero-order valence-electron chi connectivity index (χ0n) is 15.0. The number of amides is 2. The van der Waals surface area contributed by atoms with Crippen LogP contribution in [0.5, 0.6) is 0 Å². The van der Waals surface area contributed by atoms with E-state index in [1.165, 1.54) is 0 Å². The topological polar surface area (TPSA) is 71.4 Å². The van der Waals surface area contributed by atoms with Gasteiger partial charge in [-0.15, -0.1) is 0 Å². The molecule has 1 aromatic heterocycles. The maximum atomic E-state index is 12.2. The Morgan fingerprint density at radius 1 is 1.52 bits per heavy atom. The van der Waals surface area contributed by atoms with E-state index >= 15 is 0 Å². The van der Waals surface area contributed by atoms with E-state index in [0.29, 0.717) is 13.2 Å². The third-order valence-corrected chi connectivity index (χ3v) is 4.88. The smallest absolute Gasteiger partial charge is 0.315 e. The van der Waals surface area contributed by atoms with Gasteiger partial charge in [-0.3, -0.25) is 4.68 Å². The lowest BCUT2D eigenvalue weighted by molar-refractivity contribution is 0.0991. The minimum absolute atomic E-state index is 0.0274. The number of nitrogens with one attached hydrogen (secondary N) is 2. The molecular formula is C16H29N5O2. The molecule has 0 aliphatic carbocycles. The lowest BCUT2D eigenvalue weighted by Crippen LogP contribution is -2.52. The van der Waals surface area contributed by atoms with Crippen LogP contribution in [-0.2, 0) is 11.8 Å². The Labute approximate surface area is 138 Å². The van der Waals surface area contributed by atoms with Crippen LogP contribution in [0.3, 0.4) is 0 Å². The first-order valence-corrected chi connectivity index (χ1v) is 8.04. The molecule has 0 unspecified atom stereocenters. The van der Waals surface area contributed by atoms with Gasteiger partial charge in [-0.2, -0.15) is 5.10 Å². The maximum absolute atomic E-state index is 12.2. The van der Waals surface area contributed by atoms with Gasteiger partial charge in [-0.1, -0.05) is 0 Å². The maximum Gasteiger partial charge on any atom is 0.315 e. The highest BCUT2D eigenvalue weighted by atomic mass is 16.5. The number of hydrogen-bond acceptors (Lipinski definition) is 4. The van der Waals surface area contributed by atoms with Crippen molar-refractivity contribution in [2.24, 2.45) is 7.05 Å². The van der Waals surface area contributed by atoms with Crippen LogP contribution < -0.4 is 10.6 Å². The van der Waals surface area contributed by atoms with Crippen LogP contribution in [0.25, 0.3) is 0 Å². The van der Waals surface area contributed by atoms with E-state index < -0.39 is 0 Å². The highest BCUT2D eigenvalue weighted by Gasteiger charge is 2.33. The van der Waals surface area contributed by atoms with Crippen LogP contribution in [0.4, 0.5) is 4.79 Å². The van der Waals surface area contributed by atoms with Crippen molar-refractivity contribution in [1.29, 1.82) is 0 Å². The molecule has 1 aliphatic heterocycles. The molecule has 2 atom stereocenters. The normalized spacial score (nSPS) is 21.7. The lowest BCUT2D eigenvalue weighted by atomic mass is 10.0. The summed E-state index contributed by atoms with van der Waals surface area (Å²) in [6, 6.07) is -0.178. The molecule has 130 valence electrons. The largest absolute Gasteiger partial charge is 0.371 e. The summed E-state index contributed by atoms with van der Waals surface area (Å²) in [4.78, 5) is 14.3. The number of urea groups is 1. The van der Waals surface area contributed by atoms with Gasteiger partial charge in [0, 0.05) is 37.0 Å². The first-order valence-electron chi connectivity index (χ1n) is 8.04. The molecule has 2 heterocycles. The number of ether oxygens (including phenoxy) is 1. The van der Waals surface area contributed by atoms with Gasteiger partial charge < -0.3 is 20.3 Å². The minimum atomic E-state index is -0.151. The summed E-state index contributed by atoms with van der Waals surface area (Å²) in [6.07, 6.45) is 2.51. The summed E-state index contributed by atoms with van der Waals surface area (Å²) < 4.78 is 7.65. The summed E-state index contributed by atoms with van der Waals surface area (Å²) in [5, 5.41) is 10.3. The second-order valence-electron chi connectivity index (χ2n) is 7.03. The molecule has 23 heavy (non-hydrogen) atoms. The van der Waals surface area contributed by atoms with Crippen molar-refractivity contribution in [1.82, 2.24) is 25.3 Å². The van der Waals surface area contributed by atoms with E-state index in [2.05, 4.69) is 34.5 Å². The van der Waals surface area contributed by atoms with Crippen LogP contribution in [0, 0.1) is 6.92 Å². The van der Waals surface area contributed by atoms with Crippen molar-refractivity contribution in [2.75, 3.05) is 27.2 Å². The fraction of sp³-hybridized carbons (Fsp3) is 0.750. The van der Waals surface area contributed by atoms with Crippen molar-refractivity contribution in [3.05, 3.63) is 17.5 Å². The standard InChI is InChI=1S/C16H29N5O2/c1-11-12(9-18-21(11)6)14-13(7-8-23-14)19-15(22)17-10-16(2,3)20(4)5/h9,13-14H,7-8,10H2,1-6H3,(H2,17,19,22)/t13-,14+/m0/s1. The molecule has 0 radical (unpaired) electrons. The van der Waals surface area contributed by atoms with Gasteiger partial charge in [-0.25, -0.2) is 4.79 Å². The molecule has 2 N–H and O–H groups in total. The van der Waals surface area contributed by atoms with E-state index in [-0.39, 0.29) is 23.7 Å². The van der Waals surface area contributed by atoms with Crippen molar-refractivity contribution in [2.45, 2.75) is 44.9 Å². The van der Waals surface area contributed by atoms with Gasteiger partial charge in [0.1, 0.15) is 6.10 Å². The molecule has 0 aromatic carbocycles. The highest BCUT2D eigenvalue weighted by molar-refractivity contribution is 5.74. The Bertz CT molecular complexity index is 553. The molecule has 2 rings (SSSR count). The van der Waals surface area contributed by atoms with Crippen LogP contribution in [0.1, 0.15) is 37.6 Å². The molecule has 1 aromatic rings. The Morgan fingerprint density at radius 2 is 2.22 bits per heavy atom. The number of rotatable bonds is 5. The zero-order valence-corrected chi connectivity index (χ0v) is 15.0. The van der Waals surface area contributed by atoms with Crippen LogP contribution in [-0.4, -0.2) is 59.5 Å². The molecule has 1 fully saturated rings. The summed E-state index contributed by atoms with van der Waals surface area (Å²) >= 11 is 0. The number of carbonyl (C=O) groups excluding carboxylic acids is 1. The van der Waals surface area contributed by atoms with E-state index in [9.17, 15) is 4.79 Å². The lowest BCUT2D eigenvalue weighted by Gasteiger charge is -2.32. The summed E-state index contributed by atoms with van der Waals surface area (Å²) in [5.74, 6) is 0. The van der Waals surface area contributed by atoms with Crippen LogP contribution in [0.15, 0.2) is 6.20 Å². The summed E-state index contributed by atoms with van der Waals surface area (Å²) in [7, 11) is 5.92. The van der Waals surface area contributed by atoms with Crippen molar-refractivity contribution in [3.63, 3.8) is 0 Å². The van der Waals surface area contributed by atoms with Crippen molar-refractivity contribution >= 4 is 6.03 Å². The Morgan fingerprint density at radius 3 is 2.78 bits per heavy atom. The SMILES string of the molecule is Cc1c([C@H]2OCC[C@@H]2NC(=O)NCC(C)(C)N(C)C)cnn1C. The summed E-state index contributed by atoms with van der Waals surface area (Å²) in [6.45, 7) is 7.42. The Balaban J connectivity index is 1.94. The first-order chi connectivity index (χ1) is 10.7.